The highest BCUT2D eigenvalue weighted by atomic mass is 35.5. The maximum absolute atomic E-state index is 12.9. The van der Waals surface area contributed by atoms with Crippen molar-refractivity contribution >= 4 is 50.7 Å². The highest BCUT2D eigenvalue weighted by Crippen LogP contribution is 2.33. The number of carbonyl (C=O) groups excluding carboxylic acids is 1. The molecule has 0 aliphatic carbocycles. The van der Waals surface area contributed by atoms with Crippen molar-refractivity contribution in [2.75, 3.05) is 42.3 Å². The van der Waals surface area contributed by atoms with Crippen molar-refractivity contribution in [3.05, 3.63) is 52.1 Å². The summed E-state index contributed by atoms with van der Waals surface area (Å²) in [6.07, 6.45) is 4.93. The van der Waals surface area contributed by atoms with E-state index in [2.05, 4.69) is 31.3 Å². The molecule has 1 aromatic heterocycles. The molecule has 3 heterocycles. The molecule has 2 saturated heterocycles. The van der Waals surface area contributed by atoms with Crippen molar-refractivity contribution in [1.29, 1.82) is 0 Å². The van der Waals surface area contributed by atoms with Crippen LogP contribution in [-0.4, -0.2) is 73.8 Å². The van der Waals surface area contributed by atoms with E-state index in [1.165, 1.54) is 12.3 Å². The predicted octanol–water partition coefficient (Wildman–Crippen LogP) is 4.09. The topological polar surface area (TPSA) is 112 Å². The maximum Gasteiger partial charge on any atom is 0.296 e. The molecule has 0 unspecified atom stereocenters. The van der Waals surface area contributed by atoms with Crippen LogP contribution in [0.4, 0.5) is 11.5 Å². The lowest BCUT2D eigenvalue weighted by Crippen LogP contribution is -2.58. The number of hydrogen-bond acceptors (Lipinski definition) is 7. The van der Waals surface area contributed by atoms with E-state index < -0.39 is 10.2 Å². The van der Waals surface area contributed by atoms with Crippen LogP contribution in [0.25, 0.3) is 0 Å². The summed E-state index contributed by atoms with van der Waals surface area (Å²) < 4.78 is 24.8. The molecule has 208 valence electrons. The van der Waals surface area contributed by atoms with Crippen LogP contribution in [-0.2, 0) is 15.0 Å². The zero-order valence-corrected chi connectivity index (χ0v) is 24.1. The molecule has 2 aliphatic heterocycles. The Kier molecular flexibility index (Phi) is 9.54. The van der Waals surface area contributed by atoms with Gasteiger partial charge in [-0.25, -0.2) is 10.1 Å². The third-order valence-electron chi connectivity index (χ3n) is 7.55. The Morgan fingerprint density at radius 2 is 1.82 bits per heavy atom. The van der Waals surface area contributed by atoms with Crippen molar-refractivity contribution in [3.63, 3.8) is 0 Å². The zero-order valence-electron chi connectivity index (χ0n) is 21.8. The third kappa shape index (κ3) is 6.97. The van der Waals surface area contributed by atoms with E-state index in [4.69, 9.17) is 28.3 Å². The lowest BCUT2D eigenvalue weighted by atomic mass is 9.93. The molecule has 2 aliphatic rings. The monoisotopic (exact) mass is 582 g/mol. The van der Waals surface area contributed by atoms with Gasteiger partial charge in [0.2, 0.25) is 0 Å². The van der Waals surface area contributed by atoms with Crippen LogP contribution in [0.1, 0.15) is 51.1 Å². The fourth-order valence-electron chi connectivity index (χ4n) is 5.70. The van der Waals surface area contributed by atoms with Gasteiger partial charge in [0.15, 0.2) is 5.78 Å². The zero-order chi connectivity index (χ0) is 27.4. The van der Waals surface area contributed by atoms with E-state index in [1.54, 1.807) is 0 Å². The molecule has 1 aromatic carbocycles. The molecule has 0 bridgehead atoms. The molecular formula is C26H36Cl2N6O3S. The summed E-state index contributed by atoms with van der Waals surface area (Å²) in [5.41, 5.74) is 1.24. The minimum Gasteiger partial charge on any atom is -0.353 e. The first-order valence-corrected chi connectivity index (χ1v) is 15.4. The van der Waals surface area contributed by atoms with Gasteiger partial charge in [0, 0.05) is 56.3 Å². The molecule has 9 nitrogen and oxygen atoms in total. The van der Waals surface area contributed by atoms with Crippen molar-refractivity contribution in [3.8, 4) is 0 Å². The van der Waals surface area contributed by atoms with Crippen molar-refractivity contribution in [2.45, 2.75) is 57.7 Å². The Hall–Kier alpha value is -1.95. The van der Waals surface area contributed by atoms with E-state index in [0.29, 0.717) is 34.4 Å². The summed E-state index contributed by atoms with van der Waals surface area (Å²) >= 11 is 12.6. The summed E-state index contributed by atoms with van der Waals surface area (Å²) in [6, 6.07) is 9.75. The number of Topliss-reactive ketones (excluding diaryl/α,β-unsaturated/α-hetero) is 1. The van der Waals surface area contributed by atoms with Gasteiger partial charge in [-0.15, -0.1) is 0 Å². The van der Waals surface area contributed by atoms with Crippen LogP contribution in [0.5, 0.6) is 0 Å². The summed E-state index contributed by atoms with van der Waals surface area (Å²) in [4.78, 5) is 24.4. The van der Waals surface area contributed by atoms with E-state index in [1.807, 2.05) is 31.2 Å². The number of halogens is 2. The molecule has 4 rings (SSSR count). The van der Waals surface area contributed by atoms with Gasteiger partial charge in [0.1, 0.15) is 5.82 Å². The Morgan fingerprint density at radius 1 is 1.13 bits per heavy atom. The van der Waals surface area contributed by atoms with Gasteiger partial charge in [-0.05, 0) is 43.0 Å². The number of likely N-dealkylation sites (tertiary alicyclic amines) is 1. The minimum absolute atomic E-state index is 0.225. The quantitative estimate of drug-likeness (QED) is 0.458. The summed E-state index contributed by atoms with van der Waals surface area (Å²) in [5, 5.41) is 6.10. The SMILES string of the molecule is CCC(=O)[C@@H](c1ccc(Cl)cc1)N1CCC(N2CCN(c3ncc(NS(N)(=O)=O)cc3Cl)C[C@@H]2CC)CC1. The van der Waals surface area contributed by atoms with Gasteiger partial charge in [-0.3, -0.25) is 19.3 Å². The molecule has 12 heteroatoms. The lowest BCUT2D eigenvalue weighted by Gasteiger charge is -2.48. The van der Waals surface area contributed by atoms with Crippen LogP contribution in [0.15, 0.2) is 36.5 Å². The number of aromatic nitrogens is 1. The van der Waals surface area contributed by atoms with Crippen LogP contribution in [0, 0.1) is 0 Å². The number of nitrogens with one attached hydrogen (secondary N) is 1. The fraction of sp³-hybridized carbons (Fsp3) is 0.538. The Balaban J connectivity index is 1.40. The molecule has 0 saturated carbocycles. The number of piperazine rings is 1. The van der Waals surface area contributed by atoms with Crippen LogP contribution in [0.3, 0.4) is 0 Å². The Bertz CT molecular complexity index is 1220. The number of benzene rings is 1. The first kappa shape index (κ1) is 29.0. The predicted molar refractivity (Wildman–Crippen MR) is 153 cm³/mol. The molecule has 0 radical (unpaired) electrons. The Morgan fingerprint density at radius 3 is 2.39 bits per heavy atom. The Labute approximate surface area is 235 Å². The van der Waals surface area contributed by atoms with Crippen molar-refractivity contribution in [1.82, 2.24) is 14.8 Å². The van der Waals surface area contributed by atoms with E-state index >= 15 is 0 Å². The fourth-order valence-corrected chi connectivity index (χ4v) is 6.56. The first-order valence-electron chi connectivity index (χ1n) is 13.1. The average Bonchev–Trinajstić information content (AvgIpc) is 2.89. The number of carbonyl (C=O) groups is 1. The summed E-state index contributed by atoms with van der Waals surface area (Å²) in [7, 11) is -3.89. The minimum atomic E-state index is -3.89. The molecule has 38 heavy (non-hydrogen) atoms. The number of nitrogens with zero attached hydrogens (tertiary/aromatic N) is 4. The van der Waals surface area contributed by atoms with Gasteiger partial charge < -0.3 is 4.90 Å². The van der Waals surface area contributed by atoms with Gasteiger partial charge in [-0.1, -0.05) is 49.2 Å². The molecule has 2 fully saturated rings. The van der Waals surface area contributed by atoms with Gasteiger partial charge in [0.25, 0.3) is 10.2 Å². The molecule has 2 aromatic rings. The number of nitrogens with two attached hydrogens (primary N) is 1. The van der Waals surface area contributed by atoms with Crippen LogP contribution in [0.2, 0.25) is 10.0 Å². The van der Waals surface area contributed by atoms with Gasteiger partial charge in [-0.2, -0.15) is 8.42 Å². The number of ketones is 1. The summed E-state index contributed by atoms with van der Waals surface area (Å²) in [6.45, 7) is 8.29. The van der Waals surface area contributed by atoms with E-state index in [0.717, 1.165) is 57.5 Å². The lowest BCUT2D eigenvalue weighted by molar-refractivity contribution is -0.125. The number of anilines is 2. The molecular weight excluding hydrogens is 547 g/mol. The number of pyridine rings is 1. The van der Waals surface area contributed by atoms with E-state index in [9.17, 15) is 13.2 Å². The molecule has 0 amide bonds. The second kappa shape index (κ2) is 12.5. The highest BCUT2D eigenvalue weighted by molar-refractivity contribution is 7.90. The number of rotatable bonds is 9. The van der Waals surface area contributed by atoms with Crippen molar-refractivity contribution in [2.24, 2.45) is 5.14 Å². The molecule has 2 atom stereocenters. The highest BCUT2D eigenvalue weighted by Gasteiger charge is 2.36. The average molecular weight is 584 g/mol. The van der Waals surface area contributed by atoms with Crippen LogP contribution < -0.4 is 14.8 Å². The number of hydrogen-bond donors (Lipinski definition) is 2. The maximum atomic E-state index is 12.9. The smallest absolute Gasteiger partial charge is 0.296 e. The summed E-state index contributed by atoms with van der Waals surface area (Å²) in [5.74, 6) is 0.879. The van der Waals surface area contributed by atoms with Crippen molar-refractivity contribution < 1.29 is 13.2 Å². The van der Waals surface area contributed by atoms with Crippen LogP contribution >= 0.6 is 23.2 Å². The van der Waals surface area contributed by atoms with Gasteiger partial charge in [0.05, 0.1) is 22.9 Å². The van der Waals surface area contributed by atoms with E-state index in [-0.39, 0.29) is 17.5 Å². The first-order chi connectivity index (χ1) is 18.1. The largest absolute Gasteiger partial charge is 0.353 e. The standard InChI is InChI=1S/C26H36Cl2N6O3S/c1-3-21-17-33(26-23(28)15-20(16-30-26)31-38(29,36)37)13-14-34(21)22-9-11-32(12-10-22)25(24(35)4-2)18-5-7-19(27)8-6-18/h5-8,15-16,21-22,25,31H,3-4,9-14,17H2,1-2H3,(H2,29,36,37)/t21-,25+/m0/s1. The second-order valence-corrected chi connectivity index (χ2v) is 12.1. The van der Waals surface area contributed by atoms with Gasteiger partial charge >= 0.3 is 0 Å². The molecule has 3 N–H and O–H groups in total. The normalized spacial score (nSPS) is 20.9. The number of piperidine rings is 1. The third-order valence-corrected chi connectivity index (χ3v) is 8.60. The molecule has 0 spiro atoms. The second-order valence-electron chi connectivity index (χ2n) is 9.96.